The summed E-state index contributed by atoms with van der Waals surface area (Å²) in [7, 11) is 0. The molecule has 1 aliphatic rings. The lowest BCUT2D eigenvalue weighted by molar-refractivity contribution is -0.385. The van der Waals surface area contributed by atoms with Crippen LogP contribution in [-0.4, -0.2) is 21.6 Å². The number of allylic oxidation sites excluding steroid dienone is 1. The maximum atomic E-state index is 11.7. The van der Waals surface area contributed by atoms with E-state index in [-0.39, 0.29) is 24.1 Å². The van der Waals surface area contributed by atoms with Crippen LogP contribution in [0.1, 0.15) is 24.3 Å². The summed E-state index contributed by atoms with van der Waals surface area (Å²) in [6.07, 6.45) is 0.492. The first kappa shape index (κ1) is 12.9. The van der Waals surface area contributed by atoms with Crippen LogP contribution >= 0.6 is 0 Å². The second-order valence-corrected chi connectivity index (χ2v) is 4.31. The molecule has 0 atom stereocenters. The highest BCUT2D eigenvalue weighted by atomic mass is 16.6. The van der Waals surface area contributed by atoms with Gasteiger partial charge < -0.3 is 5.11 Å². The molecule has 0 aromatic heterocycles. The van der Waals surface area contributed by atoms with Crippen molar-refractivity contribution in [1.29, 1.82) is 0 Å². The molecule has 1 aromatic rings. The van der Waals surface area contributed by atoms with Crippen molar-refractivity contribution >= 4 is 17.3 Å². The maximum Gasteiger partial charge on any atom is 0.272 e. The highest BCUT2D eigenvalue weighted by Gasteiger charge is 2.34. The van der Waals surface area contributed by atoms with Crippen LogP contribution in [0.3, 0.4) is 0 Å². The minimum absolute atomic E-state index is 0.0109. The van der Waals surface area contributed by atoms with E-state index < -0.39 is 22.4 Å². The van der Waals surface area contributed by atoms with E-state index in [0.717, 1.165) is 0 Å². The van der Waals surface area contributed by atoms with Crippen LogP contribution in [0.25, 0.3) is 0 Å². The molecular weight excluding hydrogens is 250 g/mol. The van der Waals surface area contributed by atoms with E-state index in [0.29, 0.717) is 11.8 Å². The highest BCUT2D eigenvalue weighted by Crippen LogP contribution is 2.35. The monoisotopic (exact) mass is 261 g/mol. The number of para-hydroxylation sites is 1. The Bertz CT molecular complexity index is 570. The third kappa shape index (κ3) is 2.37. The summed E-state index contributed by atoms with van der Waals surface area (Å²) in [6, 6.07) is 6.07. The molecule has 1 fully saturated rings. The Morgan fingerprint density at radius 2 is 1.79 bits per heavy atom. The molecule has 0 spiro atoms. The molecule has 1 saturated carbocycles. The molecule has 0 saturated heterocycles. The molecule has 98 valence electrons. The van der Waals surface area contributed by atoms with Gasteiger partial charge >= 0.3 is 0 Å². The maximum absolute atomic E-state index is 11.7. The molecule has 1 aliphatic carbocycles. The molecule has 0 bridgehead atoms. The number of aliphatic hydroxyl groups excluding tert-OH is 1. The average Bonchev–Trinajstić information content (AvgIpc) is 2.38. The average molecular weight is 261 g/mol. The first-order chi connectivity index (χ1) is 9.04. The van der Waals surface area contributed by atoms with Gasteiger partial charge in [0.25, 0.3) is 5.69 Å². The van der Waals surface area contributed by atoms with Crippen molar-refractivity contribution in [3.8, 4) is 0 Å². The van der Waals surface area contributed by atoms with E-state index in [9.17, 15) is 19.7 Å². The zero-order chi connectivity index (χ0) is 14.0. The number of Topliss-reactive ketones (excluding diaryl/α,β-unsaturated/α-hetero) is 2. The van der Waals surface area contributed by atoms with Crippen LogP contribution in [0.4, 0.5) is 5.69 Å². The third-order valence-electron chi connectivity index (χ3n) is 3.17. The van der Waals surface area contributed by atoms with Gasteiger partial charge in [-0.15, -0.1) is 0 Å². The predicted octanol–water partition coefficient (Wildman–Crippen LogP) is 2.05. The first-order valence-electron chi connectivity index (χ1n) is 5.68. The van der Waals surface area contributed by atoms with Gasteiger partial charge in [0, 0.05) is 30.4 Å². The van der Waals surface area contributed by atoms with Gasteiger partial charge in [-0.05, 0) is 0 Å². The highest BCUT2D eigenvalue weighted by molar-refractivity contribution is 6.22. The van der Waals surface area contributed by atoms with Gasteiger partial charge in [0.05, 0.1) is 16.8 Å². The number of ketones is 2. The summed E-state index contributed by atoms with van der Waals surface area (Å²) in [6.45, 7) is 0. The van der Waals surface area contributed by atoms with Crippen molar-refractivity contribution in [2.45, 2.75) is 18.8 Å². The van der Waals surface area contributed by atoms with E-state index in [1.807, 2.05) is 0 Å². The van der Waals surface area contributed by atoms with Gasteiger partial charge in [0.1, 0.15) is 0 Å². The van der Waals surface area contributed by atoms with Gasteiger partial charge in [-0.3, -0.25) is 19.7 Å². The molecule has 6 nitrogen and oxygen atoms in total. The summed E-state index contributed by atoms with van der Waals surface area (Å²) in [5.74, 6) is -1.48. The van der Waals surface area contributed by atoms with E-state index in [2.05, 4.69) is 0 Å². The Hall–Kier alpha value is -2.50. The number of hydrogen-bond donors (Lipinski definition) is 1. The Kier molecular flexibility index (Phi) is 3.41. The molecule has 2 rings (SSSR count). The number of nitrogens with zero attached hydrogens (tertiary/aromatic N) is 1. The summed E-state index contributed by atoms with van der Waals surface area (Å²) in [5, 5.41) is 19.8. The Balaban J connectivity index is 2.37. The zero-order valence-electron chi connectivity index (χ0n) is 9.91. The number of carbonyl (C=O) groups excluding carboxylic acids is 2. The lowest BCUT2D eigenvalue weighted by atomic mass is 9.80. The molecule has 0 amide bonds. The molecular formula is C13H11NO5. The van der Waals surface area contributed by atoms with Crippen LogP contribution in [-0.2, 0) is 9.59 Å². The molecule has 6 heteroatoms. The lowest BCUT2D eigenvalue weighted by Gasteiger charge is -2.21. The zero-order valence-corrected chi connectivity index (χ0v) is 9.91. The predicted molar refractivity (Wildman–Crippen MR) is 65.8 cm³/mol. The largest absolute Gasteiger partial charge is 0.515 e. The molecule has 1 aromatic carbocycles. The number of rotatable bonds is 2. The number of benzene rings is 1. The van der Waals surface area contributed by atoms with Gasteiger partial charge in [-0.2, -0.15) is 0 Å². The fourth-order valence-corrected chi connectivity index (χ4v) is 2.26. The van der Waals surface area contributed by atoms with Crippen LogP contribution in [0.5, 0.6) is 0 Å². The van der Waals surface area contributed by atoms with Crippen molar-refractivity contribution in [1.82, 2.24) is 0 Å². The van der Waals surface area contributed by atoms with Crippen LogP contribution in [0.15, 0.2) is 36.1 Å². The first-order valence-corrected chi connectivity index (χ1v) is 5.68. The second-order valence-electron chi connectivity index (χ2n) is 4.31. The van der Waals surface area contributed by atoms with Gasteiger partial charge in [-0.25, -0.2) is 0 Å². The van der Waals surface area contributed by atoms with Crippen molar-refractivity contribution in [2.75, 3.05) is 0 Å². The quantitative estimate of drug-likeness (QED) is 0.289. The number of nitro benzene ring substituents is 1. The van der Waals surface area contributed by atoms with Gasteiger partial charge in [0.15, 0.2) is 11.6 Å². The number of hydrogen-bond acceptors (Lipinski definition) is 5. The Morgan fingerprint density at radius 3 is 2.32 bits per heavy atom. The van der Waals surface area contributed by atoms with Crippen molar-refractivity contribution in [2.24, 2.45) is 0 Å². The molecule has 0 unspecified atom stereocenters. The number of aliphatic hydroxyl groups is 1. The minimum atomic E-state index is -0.526. The molecule has 0 aliphatic heterocycles. The third-order valence-corrected chi connectivity index (χ3v) is 3.17. The normalized spacial score (nSPS) is 19.4. The standard InChI is InChI=1S/C13H11NO5/c15-7-10-12(16)5-8(6-13(10)17)9-3-1-2-4-11(9)14(18)19/h1-4,7-8,15H,5-6H2. The van der Waals surface area contributed by atoms with Crippen molar-refractivity contribution in [3.05, 3.63) is 51.8 Å². The molecule has 19 heavy (non-hydrogen) atoms. The summed E-state index contributed by atoms with van der Waals surface area (Å²) >= 11 is 0. The van der Waals surface area contributed by atoms with Crippen LogP contribution in [0, 0.1) is 10.1 Å². The Morgan fingerprint density at radius 1 is 1.21 bits per heavy atom. The lowest BCUT2D eigenvalue weighted by Crippen LogP contribution is -2.25. The summed E-state index contributed by atoms with van der Waals surface area (Å²) in [5.41, 5.74) is 0.0607. The molecule has 0 radical (unpaired) electrons. The van der Waals surface area contributed by atoms with E-state index in [1.54, 1.807) is 12.1 Å². The second kappa shape index (κ2) is 5.01. The topological polar surface area (TPSA) is 97.5 Å². The number of nitro groups is 1. The van der Waals surface area contributed by atoms with E-state index in [1.165, 1.54) is 12.1 Å². The van der Waals surface area contributed by atoms with Gasteiger partial charge in [0.2, 0.25) is 0 Å². The van der Waals surface area contributed by atoms with Crippen LogP contribution in [0.2, 0.25) is 0 Å². The molecule has 0 heterocycles. The number of carbonyl (C=O) groups is 2. The van der Waals surface area contributed by atoms with E-state index >= 15 is 0 Å². The molecule has 1 N–H and O–H groups in total. The fraction of sp³-hybridized carbons (Fsp3) is 0.231. The summed E-state index contributed by atoms with van der Waals surface area (Å²) in [4.78, 5) is 33.8. The minimum Gasteiger partial charge on any atom is -0.515 e. The summed E-state index contributed by atoms with van der Waals surface area (Å²) < 4.78 is 0. The van der Waals surface area contributed by atoms with Crippen molar-refractivity contribution < 1.29 is 19.6 Å². The van der Waals surface area contributed by atoms with Crippen LogP contribution < -0.4 is 0 Å². The fourth-order valence-electron chi connectivity index (χ4n) is 2.26. The smallest absolute Gasteiger partial charge is 0.272 e. The Labute approximate surface area is 108 Å². The SMILES string of the molecule is O=C1CC(c2ccccc2[N+](=O)[O-])CC(=O)C1=CO. The van der Waals surface area contributed by atoms with Crippen molar-refractivity contribution in [3.63, 3.8) is 0 Å². The van der Waals surface area contributed by atoms with E-state index in [4.69, 9.17) is 5.11 Å². The van der Waals surface area contributed by atoms with Gasteiger partial charge in [-0.1, -0.05) is 18.2 Å².